The molecule has 4 aliphatic rings. The number of methoxy groups -OCH3 is 1. The lowest BCUT2D eigenvalue weighted by Crippen LogP contribution is -2.89. The second-order valence-electron chi connectivity index (χ2n) is 12.1. The zero-order valence-corrected chi connectivity index (χ0v) is 24.8. The first-order valence-corrected chi connectivity index (χ1v) is 14.8. The number of rotatable bonds is 10. The number of allylic oxidation sites excluding steroid dienone is 3. The van der Waals surface area contributed by atoms with Crippen molar-refractivity contribution in [2.75, 3.05) is 20.8 Å². The van der Waals surface area contributed by atoms with Gasteiger partial charge in [0.05, 0.1) is 6.10 Å². The van der Waals surface area contributed by atoms with Crippen molar-refractivity contribution < 1.29 is 19.4 Å². The Labute approximate surface area is 226 Å². The summed E-state index contributed by atoms with van der Waals surface area (Å²) in [6.07, 6.45) is 11.1. The Hall–Kier alpha value is -1.43. The molecule has 37 heavy (non-hydrogen) atoms. The van der Waals surface area contributed by atoms with E-state index in [0.29, 0.717) is 30.5 Å². The molecule has 0 aromatic carbocycles. The fourth-order valence-corrected chi connectivity index (χ4v) is 8.84. The molecule has 1 heterocycles. The van der Waals surface area contributed by atoms with Gasteiger partial charge in [-0.3, -0.25) is 4.90 Å². The third kappa shape index (κ3) is 4.78. The number of fused-ring (bicyclic) bond motifs is 2. The van der Waals surface area contributed by atoms with Crippen molar-refractivity contribution in [1.29, 1.82) is 0 Å². The van der Waals surface area contributed by atoms with E-state index < -0.39 is 12.2 Å². The van der Waals surface area contributed by atoms with Crippen LogP contribution in [-0.2, 0) is 14.3 Å². The summed E-state index contributed by atoms with van der Waals surface area (Å²) in [7, 11) is 4.06. The van der Waals surface area contributed by atoms with E-state index in [0.717, 1.165) is 50.5 Å². The molecule has 0 aromatic heterocycles. The van der Waals surface area contributed by atoms with Crippen molar-refractivity contribution in [1.82, 2.24) is 4.90 Å². The molecule has 5 nitrogen and oxygen atoms in total. The molecule has 9 unspecified atom stereocenters. The Morgan fingerprint density at radius 1 is 1.24 bits per heavy atom. The largest absolute Gasteiger partial charge is 0.456 e. The highest BCUT2D eigenvalue weighted by molar-refractivity contribution is 5.82. The molecule has 0 spiro atoms. The third-order valence-electron chi connectivity index (χ3n) is 10.2. The average Bonchev–Trinajstić information content (AvgIpc) is 2.85. The zero-order chi connectivity index (χ0) is 27.5. The van der Waals surface area contributed by atoms with Gasteiger partial charge in [0.2, 0.25) is 0 Å². The number of aliphatic hydroxyl groups excluding tert-OH is 1. The van der Waals surface area contributed by atoms with Crippen LogP contribution in [0.2, 0.25) is 0 Å². The lowest BCUT2D eigenvalue weighted by Gasteiger charge is -2.85. The van der Waals surface area contributed by atoms with Crippen LogP contribution in [0.4, 0.5) is 0 Å². The Bertz CT molecular complexity index is 872. The van der Waals surface area contributed by atoms with Crippen LogP contribution < -0.4 is 0 Å². The van der Waals surface area contributed by atoms with E-state index in [1.165, 1.54) is 11.6 Å². The molecule has 5 heteroatoms. The Morgan fingerprint density at radius 3 is 2.57 bits per heavy atom. The summed E-state index contributed by atoms with van der Waals surface area (Å²) in [6, 6.07) is 0.990. The Balaban J connectivity index is 0.00000186. The number of likely N-dealkylation sites (tertiary alicyclic amines) is 1. The summed E-state index contributed by atoms with van der Waals surface area (Å²) < 4.78 is 11.5. The first-order valence-electron chi connectivity index (χ1n) is 14.8. The van der Waals surface area contributed by atoms with E-state index in [1.54, 1.807) is 13.2 Å². The Kier molecular flexibility index (Phi) is 9.91. The molecule has 1 saturated heterocycles. The number of esters is 1. The van der Waals surface area contributed by atoms with E-state index in [4.69, 9.17) is 16.1 Å². The van der Waals surface area contributed by atoms with Crippen LogP contribution in [-0.4, -0.2) is 61.0 Å². The fourth-order valence-electron chi connectivity index (χ4n) is 8.84. The first kappa shape index (κ1) is 30.1. The van der Waals surface area contributed by atoms with Crippen LogP contribution in [0.3, 0.4) is 0 Å². The van der Waals surface area contributed by atoms with Crippen molar-refractivity contribution in [3.05, 3.63) is 36.0 Å². The predicted octanol–water partition coefficient (Wildman–Crippen LogP) is 6.33. The van der Waals surface area contributed by atoms with Crippen LogP contribution in [0.25, 0.3) is 0 Å². The minimum atomic E-state index is -0.648. The smallest absolute Gasteiger partial charge is 0.331 e. The number of carbonyl (C=O) groups excluding carboxylic acids is 1. The lowest BCUT2D eigenvalue weighted by atomic mass is 9.27. The van der Waals surface area contributed by atoms with Gasteiger partial charge in [0.25, 0.3) is 0 Å². The van der Waals surface area contributed by atoms with E-state index in [2.05, 4.69) is 25.8 Å². The zero-order valence-electron chi connectivity index (χ0n) is 24.8. The molecule has 0 amide bonds. The summed E-state index contributed by atoms with van der Waals surface area (Å²) >= 11 is 0. The lowest BCUT2D eigenvalue weighted by molar-refractivity contribution is -0.348. The monoisotopic (exact) mass is 515 g/mol. The minimum absolute atomic E-state index is 0.0340. The van der Waals surface area contributed by atoms with Gasteiger partial charge in [0.1, 0.15) is 6.10 Å². The van der Waals surface area contributed by atoms with Crippen molar-refractivity contribution in [2.45, 2.75) is 111 Å². The fraction of sp³-hybridized carbons (Fsp3) is 0.781. The molecular weight excluding hydrogens is 462 g/mol. The number of carbonyl (C=O) groups is 1. The number of hydrogen-bond acceptors (Lipinski definition) is 5. The van der Waals surface area contributed by atoms with Crippen molar-refractivity contribution >= 4 is 5.97 Å². The number of ether oxygens (including phenoxy) is 2. The number of hydrogen-bond donors (Lipinski definition) is 1. The van der Waals surface area contributed by atoms with Gasteiger partial charge in [0, 0.05) is 37.3 Å². The molecular formula is C32H53NO4. The molecule has 1 aliphatic heterocycles. The van der Waals surface area contributed by atoms with Crippen molar-refractivity contribution in [3.63, 3.8) is 0 Å². The maximum Gasteiger partial charge on any atom is 0.331 e. The van der Waals surface area contributed by atoms with Gasteiger partial charge < -0.3 is 14.6 Å². The van der Waals surface area contributed by atoms with Crippen LogP contribution >= 0.6 is 0 Å². The second-order valence-corrected chi connectivity index (χ2v) is 12.1. The molecule has 9 atom stereocenters. The summed E-state index contributed by atoms with van der Waals surface area (Å²) in [6.45, 7) is 18.0. The van der Waals surface area contributed by atoms with Gasteiger partial charge in [0.15, 0.2) is 0 Å². The normalized spacial score (nSPS) is 38.6. The van der Waals surface area contributed by atoms with E-state index in [-0.39, 0.29) is 22.7 Å². The van der Waals surface area contributed by atoms with Crippen LogP contribution in [0.5, 0.6) is 0 Å². The molecule has 3 aliphatic carbocycles. The van der Waals surface area contributed by atoms with Gasteiger partial charge in [-0.25, -0.2) is 4.79 Å². The molecule has 0 aromatic rings. The minimum Gasteiger partial charge on any atom is -0.456 e. The topological polar surface area (TPSA) is 59.0 Å². The first-order chi connectivity index (χ1) is 17.6. The predicted molar refractivity (Wildman–Crippen MR) is 151 cm³/mol. The van der Waals surface area contributed by atoms with Crippen LogP contribution in [0, 0.1) is 28.6 Å². The molecule has 4 fully saturated rings. The number of piperidine rings is 1. The van der Waals surface area contributed by atoms with Crippen LogP contribution in [0.1, 0.15) is 86.5 Å². The highest BCUT2D eigenvalue weighted by atomic mass is 16.6. The number of nitrogens with zero attached hydrogens (tertiary/aromatic N) is 1. The molecule has 3 saturated carbocycles. The van der Waals surface area contributed by atoms with Gasteiger partial charge in [-0.05, 0) is 82.6 Å². The molecule has 1 N–H and O–H groups in total. The average molecular weight is 516 g/mol. The summed E-state index contributed by atoms with van der Waals surface area (Å²) in [5.74, 6) is 0.647. The maximum atomic E-state index is 12.6. The molecule has 210 valence electrons. The second kappa shape index (κ2) is 12.2. The molecule has 4 rings (SSSR count). The summed E-state index contributed by atoms with van der Waals surface area (Å²) in [5.41, 5.74) is 2.50. The highest BCUT2D eigenvalue weighted by Crippen LogP contribution is 2.80. The molecule has 0 radical (unpaired) electrons. The van der Waals surface area contributed by atoms with Gasteiger partial charge >= 0.3 is 5.97 Å². The maximum absolute atomic E-state index is 12.6. The van der Waals surface area contributed by atoms with Gasteiger partial charge in [-0.2, -0.15) is 0 Å². The van der Waals surface area contributed by atoms with Crippen LogP contribution in [0.15, 0.2) is 36.0 Å². The Morgan fingerprint density at radius 2 is 1.95 bits per heavy atom. The SMILES string of the molecule is C=C(C(C)CCC)C12C3CC4CCC(OC(=O)/C=C/C=C(C)C)C(O)C4C1(CCOC)CC2N3C.CC. The number of aliphatic hydroxyl groups is 1. The van der Waals surface area contributed by atoms with E-state index in [9.17, 15) is 9.90 Å². The standard InChI is InChI=1S/C30H47NO4.C2H6/c1-8-10-20(4)21(5)30-24-17-22-13-14-23(35-26(32)12-9-11-19(2)3)28(33)27(22)29(30,15-16-34-7)18-25(30)31(24)6;1-2/h9,11-12,20,22-25,27-28,33H,5,8,10,13-18H2,1-4,6-7H3;1-2H3/b12-9+;. The van der Waals surface area contributed by atoms with Gasteiger partial charge in [-0.1, -0.05) is 64.0 Å². The highest BCUT2D eigenvalue weighted by Gasteiger charge is 2.82. The molecule has 0 bridgehead atoms. The van der Waals surface area contributed by atoms with E-state index >= 15 is 0 Å². The quantitative estimate of drug-likeness (QED) is 0.160. The van der Waals surface area contributed by atoms with Gasteiger partial charge in [-0.15, -0.1) is 0 Å². The summed E-state index contributed by atoms with van der Waals surface area (Å²) in [5, 5.41) is 11.8. The summed E-state index contributed by atoms with van der Waals surface area (Å²) in [4.78, 5) is 15.1. The van der Waals surface area contributed by atoms with Crippen molar-refractivity contribution in [2.24, 2.45) is 28.6 Å². The third-order valence-corrected chi connectivity index (χ3v) is 10.2. The van der Waals surface area contributed by atoms with Crippen molar-refractivity contribution in [3.8, 4) is 0 Å². The van der Waals surface area contributed by atoms with E-state index in [1.807, 2.05) is 33.8 Å².